The summed E-state index contributed by atoms with van der Waals surface area (Å²) in [7, 11) is 0. The highest BCUT2D eigenvalue weighted by atomic mass is 16.2. The molecule has 1 aromatic rings. The van der Waals surface area contributed by atoms with Crippen LogP contribution in [0, 0.1) is 5.92 Å². The van der Waals surface area contributed by atoms with Gasteiger partial charge in [0.25, 0.3) is 0 Å². The Morgan fingerprint density at radius 3 is 2.75 bits per heavy atom. The van der Waals surface area contributed by atoms with Crippen LogP contribution in [0.2, 0.25) is 0 Å². The van der Waals surface area contributed by atoms with Gasteiger partial charge in [0, 0.05) is 17.7 Å². The van der Waals surface area contributed by atoms with E-state index in [2.05, 4.69) is 10.3 Å². The van der Waals surface area contributed by atoms with Crippen LogP contribution in [0.15, 0.2) is 18.3 Å². The van der Waals surface area contributed by atoms with Gasteiger partial charge in [0.15, 0.2) is 0 Å². The lowest BCUT2D eigenvalue weighted by Crippen LogP contribution is -2.28. The number of pyridine rings is 1. The first-order valence-electron chi connectivity index (χ1n) is 5.23. The Morgan fingerprint density at radius 1 is 1.44 bits per heavy atom. The van der Waals surface area contributed by atoms with Crippen LogP contribution in [0.5, 0.6) is 0 Å². The standard InChI is InChI=1S/C11H13N3O2/c12-10(15)8-4-5-13-9(6-8)14-11(16)7-2-1-3-7/h4-7H,1-3H2,(H2,12,15)(H,13,14,16). The van der Waals surface area contributed by atoms with E-state index in [1.165, 1.54) is 18.3 Å². The summed E-state index contributed by atoms with van der Waals surface area (Å²) < 4.78 is 0. The van der Waals surface area contributed by atoms with Crippen LogP contribution in [0.3, 0.4) is 0 Å². The van der Waals surface area contributed by atoms with E-state index in [9.17, 15) is 9.59 Å². The second kappa shape index (κ2) is 4.30. The third-order valence-electron chi connectivity index (χ3n) is 2.77. The van der Waals surface area contributed by atoms with Crippen LogP contribution in [-0.4, -0.2) is 16.8 Å². The largest absolute Gasteiger partial charge is 0.366 e. The molecule has 1 aromatic heterocycles. The lowest BCUT2D eigenvalue weighted by atomic mass is 9.85. The SMILES string of the molecule is NC(=O)c1ccnc(NC(=O)C2CCC2)c1. The quantitative estimate of drug-likeness (QED) is 0.792. The number of nitrogens with one attached hydrogen (secondary N) is 1. The molecule has 0 aliphatic heterocycles. The predicted molar refractivity (Wildman–Crippen MR) is 58.7 cm³/mol. The molecule has 1 saturated carbocycles. The first-order chi connectivity index (χ1) is 7.66. The van der Waals surface area contributed by atoms with Gasteiger partial charge in [-0.2, -0.15) is 0 Å². The Hall–Kier alpha value is -1.91. The Balaban J connectivity index is 2.05. The number of aromatic nitrogens is 1. The average Bonchev–Trinajstić information content (AvgIpc) is 2.15. The molecule has 2 rings (SSSR count). The number of anilines is 1. The number of primary amides is 1. The maximum Gasteiger partial charge on any atom is 0.248 e. The highest BCUT2D eigenvalue weighted by Gasteiger charge is 2.25. The summed E-state index contributed by atoms with van der Waals surface area (Å²) in [5.41, 5.74) is 5.48. The van der Waals surface area contributed by atoms with E-state index in [4.69, 9.17) is 5.73 Å². The Bertz CT molecular complexity index is 427. The molecule has 16 heavy (non-hydrogen) atoms. The van der Waals surface area contributed by atoms with Crippen molar-refractivity contribution in [1.82, 2.24) is 4.98 Å². The van der Waals surface area contributed by atoms with Crippen molar-refractivity contribution in [2.75, 3.05) is 5.32 Å². The molecule has 2 amide bonds. The van der Waals surface area contributed by atoms with Crippen molar-refractivity contribution >= 4 is 17.6 Å². The number of rotatable bonds is 3. The molecule has 0 aromatic carbocycles. The lowest BCUT2D eigenvalue weighted by Gasteiger charge is -2.23. The first kappa shape index (κ1) is 10.6. The van der Waals surface area contributed by atoms with Crippen LogP contribution >= 0.6 is 0 Å². The van der Waals surface area contributed by atoms with Crippen LogP contribution in [0.1, 0.15) is 29.6 Å². The molecule has 1 aliphatic carbocycles. The molecule has 1 fully saturated rings. The third kappa shape index (κ3) is 2.18. The number of carbonyl (C=O) groups excluding carboxylic acids is 2. The van der Waals surface area contributed by atoms with Crippen LogP contribution in [0.25, 0.3) is 0 Å². The van der Waals surface area contributed by atoms with Gasteiger partial charge in [-0.3, -0.25) is 9.59 Å². The molecule has 3 N–H and O–H groups in total. The zero-order chi connectivity index (χ0) is 11.5. The molecule has 0 unspecified atom stereocenters. The molecule has 0 atom stereocenters. The number of nitrogens with two attached hydrogens (primary N) is 1. The predicted octanol–water partition coefficient (Wildman–Crippen LogP) is 0.919. The van der Waals surface area contributed by atoms with E-state index in [-0.39, 0.29) is 11.8 Å². The van der Waals surface area contributed by atoms with Crippen molar-refractivity contribution in [1.29, 1.82) is 0 Å². The minimum atomic E-state index is -0.526. The molecule has 1 aliphatic rings. The number of hydrogen-bond donors (Lipinski definition) is 2. The normalized spacial score (nSPS) is 15.2. The van der Waals surface area contributed by atoms with E-state index >= 15 is 0 Å². The molecular formula is C11H13N3O2. The fourth-order valence-electron chi connectivity index (χ4n) is 1.55. The maximum absolute atomic E-state index is 11.6. The smallest absolute Gasteiger partial charge is 0.248 e. The van der Waals surface area contributed by atoms with E-state index in [1.807, 2.05) is 0 Å². The van der Waals surface area contributed by atoms with E-state index in [0.717, 1.165) is 19.3 Å². The third-order valence-corrected chi connectivity index (χ3v) is 2.77. The summed E-state index contributed by atoms with van der Waals surface area (Å²) in [6, 6.07) is 3.00. The molecule has 1 heterocycles. The Morgan fingerprint density at radius 2 is 2.19 bits per heavy atom. The van der Waals surface area contributed by atoms with Gasteiger partial charge in [-0.05, 0) is 25.0 Å². The molecule has 0 saturated heterocycles. The molecule has 84 valence electrons. The van der Waals surface area contributed by atoms with Gasteiger partial charge in [0.2, 0.25) is 11.8 Å². The maximum atomic E-state index is 11.6. The van der Waals surface area contributed by atoms with E-state index in [0.29, 0.717) is 11.4 Å². The number of nitrogens with zero attached hydrogens (tertiary/aromatic N) is 1. The van der Waals surface area contributed by atoms with Gasteiger partial charge in [-0.25, -0.2) is 4.98 Å². The van der Waals surface area contributed by atoms with E-state index < -0.39 is 5.91 Å². The topological polar surface area (TPSA) is 85.1 Å². The number of amides is 2. The molecule has 0 radical (unpaired) electrons. The van der Waals surface area contributed by atoms with Crippen molar-refractivity contribution in [3.8, 4) is 0 Å². The second-order valence-electron chi connectivity index (χ2n) is 3.91. The summed E-state index contributed by atoms with van der Waals surface area (Å²) in [4.78, 5) is 26.5. The van der Waals surface area contributed by atoms with Crippen molar-refractivity contribution in [3.05, 3.63) is 23.9 Å². The van der Waals surface area contributed by atoms with Crippen molar-refractivity contribution in [2.45, 2.75) is 19.3 Å². The minimum absolute atomic E-state index is 0.0274. The zero-order valence-electron chi connectivity index (χ0n) is 8.77. The Kier molecular flexibility index (Phi) is 2.85. The Labute approximate surface area is 93.0 Å². The van der Waals surface area contributed by atoms with Crippen molar-refractivity contribution in [2.24, 2.45) is 11.7 Å². The van der Waals surface area contributed by atoms with Gasteiger partial charge >= 0.3 is 0 Å². The fraction of sp³-hybridized carbons (Fsp3) is 0.364. The summed E-state index contributed by atoms with van der Waals surface area (Å²) >= 11 is 0. The summed E-state index contributed by atoms with van der Waals surface area (Å²) in [5, 5.41) is 2.68. The van der Waals surface area contributed by atoms with Gasteiger partial charge in [-0.15, -0.1) is 0 Å². The molecule has 5 nitrogen and oxygen atoms in total. The first-order valence-corrected chi connectivity index (χ1v) is 5.23. The minimum Gasteiger partial charge on any atom is -0.366 e. The molecular weight excluding hydrogens is 206 g/mol. The van der Waals surface area contributed by atoms with Crippen molar-refractivity contribution in [3.63, 3.8) is 0 Å². The average molecular weight is 219 g/mol. The van der Waals surface area contributed by atoms with Gasteiger partial charge in [-0.1, -0.05) is 6.42 Å². The van der Waals surface area contributed by atoms with E-state index in [1.54, 1.807) is 0 Å². The lowest BCUT2D eigenvalue weighted by molar-refractivity contribution is -0.122. The van der Waals surface area contributed by atoms with Crippen LogP contribution in [-0.2, 0) is 4.79 Å². The van der Waals surface area contributed by atoms with Crippen LogP contribution < -0.4 is 11.1 Å². The highest BCUT2D eigenvalue weighted by molar-refractivity contribution is 5.96. The molecule has 0 spiro atoms. The summed E-state index contributed by atoms with van der Waals surface area (Å²) in [5.74, 6) is -0.0749. The monoisotopic (exact) mass is 219 g/mol. The van der Waals surface area contributed by atoms with Crippen molar-refractivity contribution < 1.29 is 9.59 Å². The van der Waals surface area contributed by atoms with Gasteiger partial charge in [0.05, 0.1) is 0 Å². The molecule has 0 bridgehead atoms. The van der Waals surface area contributed by atoms with Crippen LogP contribution in [0.4, 0.5) is 5.82 Å². The molecule has 5 heteroatoms. The van der Waals surface area contributed by atoms with Gasteiger partial charge < -0.3 is 11.1 Å². The second-order valence-corrected chi connectivity index (χ2v) is 3.91. The fourth-order valence-corrected chi connectivity index (χ4v) is 1.55. The van der Waals surface area contributed by atoms with Gasteiger partial charge in [0.1, 0.15) is 5.82 Å². The summed E-state index contributed by atoms with van der Waals surface area (Å²) in [6.45, 7) is 0. The zero-order valence-corrected chi connectivity index (χ0v) is 8.77. The number of carbonyl (C=O) groups is 2. The number of hydrogen-bond acceptors (Lipinski definition) is 3. The highest BCUT2D eigenvalue weighted by Crippen LogP contribution is 2.27. The summed E-state index contributed by atoms with van der Waals surface area (Å²) in [6.07, 6.45) is 4.42.